The van der Waals surface area contributed by atoms with Gasteiger partial charge in [0.15, 0.2) is 0 Å². The van der Waals surface area contributed by atoms with E-state index in [1.807, 2.05) is 18.2 Å². The predicted octanol–water partition coefficient (Wildman–Crippen LogP) is 9.57. The van der Waals surface area contributed by atoms with Gasteiger partial charge in [0.05, 0.1) is 0 Å². The van der Waals surface area contributed by atoms with E-state index in [4.69, 9.17) is 0 Å². The van der Waals surface area contributed by atoms with E-state index in [1.54, 1.807) is 0 Å². The third-order valence-electron chi connectivity index (χ3n) is 8.17. The molecule has 0 saturated heterocycles. The normalized spacial score (nSPS) is 16.7. The first-order valence-corrected chi connectivity index (χ1v) is 15.5. The molecule has 0 atom stereocenters. The number of para-hydroxylation sites is 1. The molecular weight excluding hydrogens is 480 g/mol. The number of anilines is 1. The van der Waals surface area contributed by atoms with Crippen LogP contribution in [0.1, 0.15) is 134 Å². The molecule has 0 aliphatic heterocycles. The van der Waals surface area contributed by atoms with E-state index in [1.165, 1.54) is 63.4 Å². The van der Waals surface area contributed by atoms with Gasteiger partial charge >= 0.3 is 6.03 Å². The molecule has 0 spiro atoms. The minimum Gasteiger partial charge on any atom is -0.507 e. The predicted molar refractivity (Wildman–Crippen MR) is 166 cm³/mol. The van der Waals surface area contributed by atoms with Crippen molar-refractivity contribution in [3.8, 4) is 5.75 Å². The molecule has 39 heavy (non-hydrogen) atoms. The molecule has 3 N–H and O–H groups in total. The smallest absolute Gasteiger partial charge is 0.319 e. The molecule has 4 heteroatoms. The van der Waals surface area contributed by atoms with Gasteiger partial charge in [-0.15, -0.1) is 0 Å². The first kappa shape index (κ1) is 31.0. The van der Waals surface area contributed by atoms with Gasteiger partial charge in [-0.2, -0.15) is 0 Å². The van der Waals surface area contributed by atoms with E-state index in [9.17, 15) is 9.90 Å². The van der Waals surface area contributed by atoms with E-state index in [-0.39, 0.29) is 22.9 Å². The fourth-order valence-electron chi connectivity index (χ4n) is 5.77. The topological polar surface area (TPSA) is 61.4 Å². The van der Waals surface area contributed by atoms with Gasteiger partial charge in [0, 0.05) is 11.7 Å². The third-order valence-corrected chi connectivity index (χ3v) is 8.17. The maximum absolute atomic E-state index is 13.1. The zero-order chi connectivity index (χ0) is 28.5. The van der Waals surface area contributed by atoms with Crippen LogP contribution in [0.5, 0.6) is 5.75 Å². The quantitative estimate of drug-likeness (QED) is 0.358. The number of phenolic OH excluding ortho intramolecular Hbond substituents is 1. The van der Waals surface area contributed by atoms with Crippen molar-refractivity contribution in [2.75, 3.05) is 5.32 Å². The number of rotatable bonds is 5. The summed E-state index contributed by atoms with van der Waals surface area (Å²) in [5.41, 5.74) is 4.93. The van der Waals surface area contributed by atoms with Crippen molar-refractivity contribution in [2.24, 2.45) is 0 Å². The molecule has 0 radical (unpaired) electrons. The second-order valence-corrected chi connectivity index (χ2v) is 13.8. The van der Waals surface area contributed by atoms with Crippen LogP contribution in [0.15, 0.2) is 36.4 Å². The summed E-state index contributed by atoms with van der Waals surface area (Å²) in [5, 5.41) is 17.5. The maximum atomic E-state index is 13.1. The summed E-state index contributed by atoms with van der Waals surface area (Å²) in [5.74, 6) is 0.421. The number of aromatic hydroxyl groups is 1. The van der Waals surface area contributed by atoms with Crippen molar-refractivity contribution in [1.29, 1.82) is 0 Å². The first-order valence-electron chi connectivity index (χ1n) is 15.5. The molecule has 3 rings (SSSR count). The average molecular weight is 535 g/mol. The zero-order valence-electron chi connectivity index (χ0n) is 25.6. The summed E-state index contributed by atoms with van der Waals surface area (Å²) < 4.78 is 0. The second-order valence-electron chi connectivity index (χ2n) is 13.8. The number of carbonyl (C=O) groups is 1. The lowest BCUT2D eigenvalue weighted by molar-refractivity contribution is 0.246. The second kappa shape index (κ2) is 14.2. The highest BCUT2D eigenvalue weighted by Crippen LogP contribution is 2.40. The number of urea groups is 1. The van der Waals surface area contributed by atoms with Crippen LogP contribution >= 0.6 is 0 Å². The van der Waals surface area contributed by atoms with Crippen molar-refractivity contribution in [1.82, 2.24) is 5.32 Å². The van der Waals surface area contributed by atoms with Crippen molar-refractivity contribution in [2.45, 2.75) is 142 Å². The Morgan fingerprint density at radius 3 is 1.77 bits per heavy atom. The number of amides is 2. The Morgan fingerprint density at radius 1 is 0.769 bits per heavy atom. The van der Waals surface area contributed by atoms with Crippen molar-refractivity contribution < 1.29 is 9.90 Å². The average Bonchev–Trinajstić information content (AvgIpc) is 2.84. The lowest BCUT2D eigenvalue weighted by Gasteiger charge is -2.28. The molecule has 216 valence electrons. The van der Waals surface area contributed by atoms with Gasteiger partial charge in [-0.3, -0.25) is 0 Å². The minimum atomic E-state index is -0.148. The van der Waals surface area contributed by atoms with Crippen LogP contribution in [0, 0.1) is 0 Å². The van der Waals surface area contributed by atoms with Gasteiger partial charge in [0.25, 0.3) is 0 Å². The summed E-state index contributed by atoms with van der Waals surface area (Å²) in [6.07, 6.45) is 15.5. The highest BCUT2D eigenvalue weighted by molar-refractivity contribution is 5.90. The number of phenols is 1. The molecule has 0 aromatic heterocycles. The van der Waals surface area contributed by atoms with E-state index < -0.39 is 0 Å². The molecule has 0 bridgehead atoms. The van der Waals surface area contributed by atoms with Gasteiger partial charge in [0.1, 0.15) is 5.75 Å². The molecule has 0 unspecified atom stereocenters. The monoisotopic (exact) mass is 534 g/mol. The van der Waals surface area contributed by atoms with Gasteiger partial charge in [-0.25, -0.2) is 4.79 Å². The Kier molecular flexibility index (Phi) is 11.3. The molecule has 2 aromatic rings. The number of hydrogen-bond donors (Lipinski definition) is 3. The molecule has 1 aliphatic rings. The van der Waals surface area contributed by atoms with E-state index in [2.05, 4.69) is 70.4 Å². The van der Waals surface area contributed by atoms with E-state index in [0.29, 0.717) is 5.75 Å². The summed E-state index contributed by atoms with van der Waals surface area (Å²) in [4.78, 5) is 13.1. The highest BCUT2D eigenvalue weighted by atomic mass is 16.3. The summed E-state index contributed by atoms with van der Waals surface area (Å²) in [6.45, 7) is 12.9. The van der Waals surface area contributed by atoms with Gasteiger partial charge in [-0.1, -0.05) is 130 Å². The molecule has 2 amide bonds. The lowest BCUT2D eigenvalue weighted by Crippen LogP contribution is -2.38. The van der Waals surface area contributed by atoms with E-state index in [0.717, 1.165) is 48.1 Å². The van der Waals surface area contributed by atoms with Crippen molar-refractivity contribution >= 4 is 11.7 Å². The highest BCUT2D eigenvalue weighted by Gasteiger charge is 2.26. The van der Waals surface area contributed by atoms with Gasteiger partial charge in [0.2, 0.25) is 0 Å². The lowest BCUT2D eigenvalue weighted by atomic mass is 9.78. The number of aryl methyl sites for hydroxylation is 2. The third kappa shape index (κ3) is 9.89. The van der Waals surface area contributed by atoms with Crippen LogP contribution in [0.3, 0.4) is 0 Å². The Labute approximate surface area is 238 Å². The Morgan fingerprint density at radius 2 is 1.26 bits per heavy atom. The van der Waals surface area contributed by atoms with Crippen LogP contribution in [-0.2, 0) is 23.7 Å². The number of benzene rings is 2. The summed E-state index contributed by atoms with van der Waals surface area (Å²) in [7, 11) is 0. The van der Waals surface area contributed by atoms with Gasteiger partial charge in [-0.05, 0) is 64.8 Å². The van der Waals surface area contributed by atoms with Crippen molar-refractivity contribution in [3.63, 3.8) is 0 Å². The van der Waals surface area contributed by atoms with Crippen LogP contribution in [0.2, 0.25) is 0 Å². The molecule has 1 fully saturated rings. The standard InChI is InChI=1S/C35H54N2O2/c1-34(2,3)29-24-26(25-30(32(29)38)35(4,5)6)22-23-27-18-16-17-21-31(27)37-33(39)36-28-19-14-12-10-8-7-9-11-13-15-20-28/h16-18,21,24-25,28,38H,7-15,19-20,22-23H2,1-6H3,(H2,36,37,39). The molecular formula is C35H54N2O2. The number of nitrogens with one attached hydrogen (secondary N) is 2. The number of carbonyl (C=O) groups excluding carboxylic acids is 1. The van der Waals surface area contributed by atoms with E-state index >= 15 is 0 Å². The van der Waals surface area contributed by atoms with Gasteiger partial charge < -0.3 is 15.7 Å². The van der Waals surface area contributed by atoms with Crippen LogP contribution < -0.4 is 10.6 Å². The Balaban J connectivity index is 1.68. The Hall–Kier alpha value is -2.49. The molecule has 1 saturated carbocycles. The summed E-state index contributed by atoms with van der Waals surface area (Å²) in [6, 6.07) is 12.6. The maximum Gasteiger partial charge on any atom is 0.319 e. The molecule has 1 aliphatic carbocycles. The SMILES string of the molecule is CC(C)(C)c1cc(CCc2ccccc2NC(=O)NC2CCCCCCCCCCC2)cc(C(C)(C)C)c1O. The molecule has 4 nitrogen and oxygen atoms in total. The fraction of sp³-hybridized carbons (Fsp3) is 0.629. The van der Waals surface area contributed by atoms with Crippen molar-refractivity contribution in [3.05, 3.63) is 58.7 Å². The number of hydrogen-bond acceptors (Lipinski definition) is 2. The molecule has 2 aromatic carbocycles. The first-order chi connectivity index (χ1) is 18.4. The summed E-state index contributed by atoms with van der Waals surface area (Å²) >= 11 is 0. The van der Waals surface area contributed by atoms with Crippen LogP contribution in [0.25, 0.3) is 0 Å². The largest absolute Gasteiger partial charge is 0.507 e. The Bertz CT molecular complexity index is 1010. The van der Waals surface area contributed by atoms with Crippen LogP contribution in [-0.4, -0.2) is 17.2 Å². The minimum absolute atomic E-state index is 0.0887. The molecule has 0 heterocycles. The van der Waals surface area contributed by atoms with Crippen LogP contribution in [0.4, 0.5) is 10.5 Å². The fourth-order valence-corrected chi connectivity index (χ4v) is 5.77. The zero-order valence-corrected chi connectivity index (χ0v) is 25.6.